The highest BCUT2D eigenvalue weighted by atomic mass is 32.1. The molecule has 3 rings (SSSR count). The maximum absolute atomic E-state index is 5.61. The van der Waals surface area contributed by atoms with Gasteiger partial charge >= 0.3 is 0 Å². The molecular formula is C18H24N4S. The molecule has 0 radical (unpaired) electrons. The fourth-order valence-electron chi connectivity index (χ4n) is 3.20. The molecule has 2 aromatic heterocycles. The van der Waals surface area contributed by atoms with E-state index in [1.807, 2.05) is 18.3 Å². The van der Waals surface area contributed by atoms with Crippen LogP contribution in [0.5, 0.6) is 0 Å². The molecule has 1 saturated heterocycles. The summed E-state index contributed by atoms with van der Waals surface area (Å²) in [5, 5.41) is 4.28. The van der Waals surface area contributed by atoms with Crippen molar-refractivity contribution in [2.45, 2.75) is 51.9 Å². The van der Waals surface area contributed by atoms with E-state index in [0.717, 1.165) is 10.8 Å². The van der Waals surface area contributed by atoms with E-state index in [2.05, 4.69) is 72.0 Å². The van der Waals surface area contributed by atoms with Crippen LogP contribution in [0.25, 0.3) is 0 Å². The molecule has 5 heteroatoms. The molecule has 0 aromatic carbocycles. The van der Waals surface area contributed by atoms with Gasteiger partial charge in [0.25, 0.3) is 0 Å². The third kappa shape index (κ3) is 2.98. The Morgan fingerprint density at radius 2 is 1.91 bits per heavy atom. The number of hydrogen-bond acceptors (Lipinski definition) is 2. The van der Waals surface area contributed by atoms with E-state index < -0.39 is 0 Å². The second-order valence-corrected chi connectivity index (χ2v) is 7.00. The van der Waals surface area contributed by atoms with Crippen LogP contribution in [0.1, 0.15) is 57.1 Å². The van der Waals surface area contributed by atoms with Crippen molar-refractivity contribution in [1.82, 2.24) is 19.8 Å². The Morgan fingerprint density at radius 3 is 2.48 bits per heavy atom. The third-order valence-corrected chi connectivity index (χ3v) is 4.70. The number of nitrogens with zero attached hydrogens (tertiary/aromatic N) is 3. The molecule has 0 bridgehead atoms. The maximum atomic E-state index is 5.61. The van der Waals surface area contributed by atoms with E-state index in [9.17, 15) is 0 Å². The summed E-state index contributed by atoms with van der Waals surface area (Å²) in [5.74, 6) is 0. The first-order chi connectivity index (χ1) is 11.0. The highest BCUT2D eigenvalue weighted by Gasteiger charge is 2.41. The summed E-state index contributed by atoms with van der Waals surface area (Å²) in [7, 11) is 0. The van der Waals surface area contributed by atoms with E-state index in [4.69, 9.17) is 12.2 Å². The molecule has 4 nitrogen and oxygen atoms in total. The molecular weight excluding hydrogens is 304 g/mol. The average Bonchev–Trinajstić information content (AvgIpc) is 3.12. The zero-order valence-corrected chi connectivity index (χ0v) is 14.9. The molecule has 0 saturated carbocycles. The molecule has 1 aliphatic rings. The summed E-state index contributed by atoms with van der Waals surface area (Å²) >= 11 is 5.61. The second kappa shape index (κ2) is 6.32. The molecule has 3 heterocycles. The van der Waals surface area contributed by atoms with Crippen molar-refractivity contribution in [3.05, 3.63) is 54.1 Å². The van der Waals surface area contributed by atoms with Gasteiger partial charge in [-0.15, -0.1) is 0 Å². The normalized spacial score (nSPS) is 21.3. The monoisotopic (exact) mass is 328 g/mol. The quantitative estimate of drug-likeness (QED) is 0.865. The molecule has 0 unspecified atom stereocenters. The summed E-state index contributed by atoms with van der Waals surface area (Å²) in [5.41, 5.74) is 2.30. The smallest absolute Gasteiger partial charge is 0.170 e. The van der Waals surface area contributed by atoms with Gasteiger partial charge < -0.3 is 14.8 Å². The molecule has 0 amide bonds. The van der Waals surface area contributed by atoms with E-state index >= 15 is 0 Å². The average molecular weight is 328 g/mol. The van der Waals surface area contributed by atoms with Gasteiger partial charge in [-0.3, -0.25) is 4.98 Å². The van der Waals surface area contributed by atoms with Gasteiger partial charge in [0.05, 0.1) is 17.8 Å². The lowest BCUT2D eigenvalue weighted by Crippen LogP contribution is -2.35. The number of hydrogen-bond donors (Lipinski definition) is 1. The molecule has 0 spiro atoms. The second-order valence-electron chi connectivity index (χ2n) is 6.61. The molecule has 1 N–H and O–H groups in total. The zero-order chi connectivity index (χ0) is 16.6. The number of thiocarbonyl (C=S) groups is 1. The van der Waals surface area contributed by atoms with Gasteiger partial charge in [-0.2, -0.15) is 0 Å². The molecule has 0 aliphatic carbocycles. The van der Waals surface area contributed by atoms with Gasteiger partial charge in [0.1, 0.15) is 0 Å². The minimum atomic E-state index is 0.0779. The first-order valence-corrected chi connectivity index (χ1v) is 8.57. The summed E-state index contributed by atoms with van der Waals surface area (Å²) in [6.07, 6.45) is 6.22. The van der Waals surface area contributed by atoms with Crippen molar-refractivity contribution in [3.8, 4) is 0 Å². The molecule has 122 valence electrons. The summed E-state index contributed by atoms with van der Waals surface area (Å²) in [4.78, 5) is 6.84. The van der Waals surface area contributed by atoms with Gasteiger partial charge in [-0.25, -0.2) is 0 Å². The van der Waals surface area contributed by atoms with Crippen LogP contribution in [0.15, 0.2) is 42.9 Å². The zero-order valence-electron chi connectivity index (χ0n) is 14.1. The number of aromatic nitrogens is 2. The van der Waals surface area contributed by atoms with Crippen molar-refractivity contribution in [3.63, 3.8) is 0 Å². The molecule has 23 heavy (non-hydrogen) atoms. The summed E-state index contributed by atoms with van der Waals surface area (Å²) < 4.78 is 2.24. The van der Waals surface area contributed by atoms with Crippen LogP contribution in [-0.2, 0) is 0 Å². The molecule has 2 aromatic rings. The standard InChI is InChI=1S/C18H24N4S/c1-12(2)21-10-8-14(11-21)17-16(15-7-5-6-9-19-15)20-18(23)22(17)13(3)4/h5-13,16-17H,1-4H3,(H,20,23)/t16-,17+/m1/s1. The summed E-state index contributed by atoms with van der Waals surface area (Å²) in [6.45, 7) is 8.75. The van der Waals surface area contributed by atoms with Crippen molar-refractivity contribution < 1.29 is 0 Å². The van der Waals surface area contributed by atoms with Crippen LogP contribution >= 0.6 is 12.2 Å². The predicted octanol–water partition coefficient (Wildman–Crippen LogP) is 3.84. The topological polar surface area (TPSA) is 33.1 Å². The Hall–Kier alpha value is -1.88. The lowest BCUT2D eigenvalue weighted by Gasteiger charge is -2.30. The van der Waals surface area contributed by atoms with E-state index in [1.165, 1.54) is 5.56 Å². The van der Waals surface area contributed by atoms with Crippen LogP contribution in [0.2, 0.25) is 0 Å². The lowest BCUT2D eigenvalue weighted by atomic mass is 9.98. The minimum absolute atomic E-state index is 0.0779. The lowest BCUT2D eigenvalue weighted by molar-refractivity contribution is 0.269. The Balaban J connectivity index is 2.03. The van der Waals surface area contributed by atoms with Crippen LogP contribution in [0.3, 0.4) is 0 Å². The first-order valence-electron chi connectivity index (χ1n) is 8.16. The fraction of sp³-hybridized carbons (Fsp3) is 0.444. The van der Waals surface area contributed by atoms with Gasteiger partial charge in [0.2, 0.25) is 0 Å². The van der Waals surface area contributed by atoms with E-state index in [0.29, 0.717) is 12.1 Å². The molecule has 1 fully saturated rings. The predicted molar refractivity (Wildman–Crippen MR) is 97.2 cm³/mol. The number of rotatable bonds is 4. The largest absolute Gasteiger partial charge is 0.352 e. The van der Waals surface area contributed by atoms with Crippen molar-refractivity contribution in [1.29, 1.82) is 0 Å². The molecule has 1 aliphatic heterocycles. The van der Waals surface area contributed by atoms with Crippen LogP contribution in [-0.4, -0.2) is 25.6 Å². The highest BCUT2D eigenvalue weighted by Crippen LogP contribution is 2.39. The van der Waals surface area contributed by atoms with Crippen LogP contribution in [0, 0.1) is 0 Å². The highest BCUT2D eigenvalue weighted by molar-refractivity contribution is 7.80. The van der Waals surface area contributed by atoms with Gasteiger partial charge in [0, 0.05) is 30.7 Å². The maximum Gasteiger partial charge on any atom is 0.170 e. The van der Waals surface area contributed by atoms with Gasteiger partial charge in [0.15, 0.2) is 5.11 Å². The van der Waals surface area contributed by atoms with Crippen molar-refractivity contribution in [2.75, 3.05) is 0 Å². The minimum Gasteiger partial charge on any atom is -0.352 e. The van der Waals surface area contributed by atoms with Crippen LogP contribution in [0.4, 0.5) is 0 Å². The number of nitrogens with one attached hydrogen (secondary N) is 1. The SMILES string of the molecule is CC(C)N1C(=S)N[C@H](c2ccccn2)[C@@H]1c1ccn(C(C)C)c1. The summed E-state index contributed by atoms with van der Waals surface area (Å²) in [6, 6.07) is 9.26. The van der Waals surface area contributed by atoms with Gasteiger partial charge in [-0.1, -0.05) is 6.07 Å². The Morgan fingerprint density at radius 1 is 1.13 bits per heavy atom. The Labute approximate surface area is 143 Å². The number of pyridine rings is 1. The Kier molecular flexibility index (Phi) is 4.39. The van der Waals surface area contributed by atoms with Crippen LogP contribution < -0.4 is 5.32 Å². The molecule has 2 atom stereocenters. The first kappa shape index (κ1) is 16.0. The third-order valence-electron chi connectivity index (χ3n) is 4.37. The van der Waals surface area contributed by atoms with E-state index in [-0.39, 0.29) is 12.1 Å². The van der Waals surface area contributed by atoms with E-state index in [1.54, 1.807) is 0 Å². The van der Waals surface area contributed by atoms with Crippen molar-refractivity contribution in [2.24, 2.45) is 0 Å². The van der Waals surface area contributed by atoms with Crippen molar-refractivity contribution >= 4 is 17.3 Å². The Bertz CT molecular complexity index is 677. The van der Waals surface area contributed by atoms with Gasteiger partial charge in [-0.05, 0) is 63.7 Å². The fourth-order valence-corrected chi connectivity index (χ4v) is 3.66.